The highest BCUT2D eigenvalue weighted by Gasteiger charge is 2.13. The molecule has 0 saturated heterocycles. The number of aryl methyl sites for hydroxylation is 2. The van der Waals surface area contributed by atoms with E-state index in [-0.39, 0.29) is 31.3 Å². The minimum atomic E-state index is -0.108. The Morgan fingerprint density at radius 3 is 2.58 bits per heavy atom. The van der Waals surface area contributed by atoms with Crippen LogP contribution in [0.1, 0.15) is 39.9 Å². The SMILES string of the molecule is Cc1ccc(C(=O)CCC(=O)NCCc2ccc3c(c2)OCO3)cc1C. The molecule has 136 valence electrons. The van der Waals surface area contributed by atoms with E-state index in [4.69, 9.17) is 9.47 Å². The van der Waals surface area contributed by atoms with Crippen molar-refractivity contribution >= 4 is 11.7 Å². The third-order valence-corrected chi connectivity index (χ3v) is 4.58. The molecule has 1 aliphatic heterocycles. The fourth-order valence-corrected chi connectivity index (χ4v) is 2.82. The van der Waals surface area contributed by atoms with Gasteiger partial charge in [-0.1, -0.05) is 18.2 Å². The predicted octanol–water partition coefficient (Wildman–Crippen LogP) is 3.35. The van der Waals surface area contributed by atoms with Gasteiger partial charge in [0.15, 0.2) is 17.3 Å². The third kappa shape index (κ3) is 4.42. The van der Waals surface area contributed by atoms with Crippen molar-refractivity contribution in [1.29, 1.82) is 0 Å². The van der Waals surface area contributed by atoms with E-state index in [9.17, 15) is 9.59 Å². The topological polar surface area (TPSA) is 64.6 Å². The van der Waals surface area contributed by atoms with Gasteiger partial charge >= 0.3 is 0 Å². The first-order valence-corrected chi connectivity index (χ1v) is 8.78. The molecule has 0 bridgehead atoms. The fraction of sp³-hybridized carbons (Fsp3) is 0.333. The second kappa shape index (κ2) is 8.04. The van der Waals surface area contributed by atoms with E-state index in [1.807, 2.05) is 50.2 Å². The highest BCUT2D eigenvalue weighted by atomic mass is 16.7. The van der Waals surface area contributed by atoms with E-state index in [1.165, 1.54) is 0 Å². The third-order valence-electron chi connectivity index (χ3n) is 4.58. The lowest BCUT2D eigenvalue weighted by atomic mass is 10.0. The number of carbonyl (C=O) groups excluding carboxylic acids is 2. The molecule has 2 aromatic carbocycles. The Labute approximate surface area is 153 Å². The molecule has 2 aromatic rings. The molecule has 5 heteroatoms. The van der Waals surface area contributed by atoms with Gasteiger partial charge in [0.2, 0.25) is 12.7 Å². The molecule has 5 nitrogen and oxygen atoms in total. The van der Waals surface area contributed by atoms with Crippen molar-refractivity contribution in [2.75, 3.05) is 13.3 Å². The van der Waals surface area contributed by atoms with E-state index in [0.717, 1.165) is 28.2 Å². The van der Waals surface area contributed by atoms with Crippen LogP contribution in [0.2, 0.25) is 0 Å². The van der Waals surface area contributed by atoms with E-state index in [1.54, 1.807) is 0 Å². The van der Waals surface area contributed by atoms with Gasteiger partial charge in [0.25, 0.3) is 0 Å². The fourth-order valence-electron chi connectivity index (χ4n) is 2.82. The number of hydrogen-bond acceptors (Lipinski definition) is 4. The molecule has 1 amide bonds. The molecule has 0 saturated carbocycles. The quantitative estimate of drug-likeness (QED) is 0.775. The van der Waals surface area contributed by atoms with Gasteiger partial charge in [0.1, 0.15) is 0 Å². The van der Waals surface area contributed by atoms with Crippen LogP contribution >= 0.6 is 0 Å². The summed E-state index contributed by atoms with van der Waals surface area (Å²) in [5, 5.41) is 2.86. The summed E-state index contributed by atoms with van der Waals surface area (Å²) in [5.41, 5.74) is 3.98. The van der Waals surface area contributed by atoms with E-state index in [2.05, 4.69) is 5.32 Å². The van der Waals surface area contributed by atoms with Crippen LogP contribution in [0.4, 0.5) is 0 Å². The van der Waals surface area contributed by atoms with Gasteiger partial charge in [-0.3, -0.25) is 9.59 Å². The number of ether oxygens (including phenoxy) is 2. The zero-order valence-corrected chi connectivity index (χ0v) is 15.1. The van der Waals surface area contributed by atoms with Crippen LogP contribution in [-0.2, 0) is 11.2 Å². The van der Waals surface area contributed by atoms with E-state index in [0.29, 0.717) is 18.5 Å². The normalized spacial score (nSPS) is 12.1. The van der Waals surface area contributed by atoms with Crippen LogP contribution in [0.25, 0.3) is 0 Å². The van der Waals surface area contributed by atoms with Crippen LogP contribution in [0.3, 0.4) is 0 Å². The molecule has 0 aromatic heterocycles. The van der Waals surface area contributed by atoms with Crippen molar-refractivity contribution in [3.8, 4) is 11.5 Å². The number of benzene rings is 2. The van der Waals surface area contributed by atoms with Crippen LogP contribution in [0.15, 0.2) is 36.4 Å². The van der Waals surface area contributed by atoms with Crippen molar-refractivity contribution in [3.63, 3.8) is 0 Å². The molecule has 0 fully saturated rings. The van der Waals surface area contributed by atoms with Crippen molar-refractivity contribution < 1.29 is 19.1 Å². The Morgan fingerprint density at radius 2 is 1.77 bits per heavy atom. The highest BCUT2D eigenvalue weighted by Crippen LogP contribution is 2.32. The smallest absolute Gasteiger partial charge is 0.231 e. The van der Waals surface area contributed by atoms with Gasteiger partial charge < -0.3 is 14.8 Å². The average molecular weight is 353 g/mol. The predicted molar refractivity (Wildman–Crippen MR) is 98.8 cm³/mol. The first-order valence-electron chi connectivity index (χ1n) is 8.78. The van der Waals surface area contributed by atoms with Gasteiger partial charge in [0, 0.05) is 24.9 Å². The number of rotatable bonds is 7. The molecule has 1 N–H and O–H groups in total. The first kappa shape index (κ1) is 18.0. The second-order valence-electron chi connectivity index (χ2n) is 6.51. The monoisotopic (exact) mass is 353 g/mol. The number of ketones is 1. The summed E-state index contributed by atoms with van der Waals surface area (Å²) >= 11 is 0. The minimum absolute atomic E-state index is 0.000907. The lowest BCUT2D eigenvalue weighted by Gasteiger charge is -2.07. The zero-order valence-electron chi connectivity index (χ0n) is 15.1. The summed E-state index contributed by atoms with van der Waals surface area (Å²) in [6.07, 6.45) is 1.12. The molecule has 0 spiro atoms. The molecule has 1 aliphatic rings. The van der Waals surface area contributed by atoms with Crippen molar-refractivity contribution in [2.45, 2.75) is 33.1 Å². The Bertz CT molecular complexity index is 829. The molecule has 0 aliphatic carbocycles. The number of hydrogen-bond donors (Lipinski definition) is 1. The summed E-state index contributed by atoms with van der Waals surface area (Å²) in [6, 6.07) is 11.4. The average Bonchev–Trinajstić information content (AvgIpc) is 3.10. The van der Waals surface area contributed by atoms with Gasteiger partial charge in [-0.05, 0) is 55.2 Å². The second-order valence-corrected chi connectivity index (χ2v) is 6.51. The van der Waals surface area contributed by atoms with Crippen LogP contribution in [0, 0.1) is 13.8 Å². The molecule has 26 heavy (non-hydrogen) atoms. The number of fused-ring (bicyclic) bond motifs is 1. The zero-order chi connectivity index (χ0) is 18.5. The van der Waals surface area contributed by atoms with Gasteiger partial charge in [0.05, 0.1) is 0 Å². The summed E-state index contributed by atoms with van der Waals surface area (Å²) in [4.78, 5) is 24.2. The minimum Gasteiger partial charge on any atom is -0.454 e. The Kier molecular flexibility index (Phi) is 5.56. The van der Waals surface area contributed by atoms with E-state index >= 15 is 0 Å². The van der Waals surface area contributed by atoms with Crippen LogP contribution in [-0.4, -0.2) is 25.0 Å². The van der Waals surface area contributed by atoms with Crippen LogP contribution in [0.5, 0.6) is 11.5 Å². The van der Waals surface area contributed by atoms with E-state index < -0.39 is 0 Å². The summed E-state index contributed by atoms with van der Waals surface area (Å²) in [5.74, 6) is 1.39. The van der Waals surface area contributed by atoms with Crippen molar-refractivity contribution in [2.24, 2.45) is 0 Å². The standard InChI is InChI=1S/C21H23NO4/c1-14-3-5-17(11-15(14)2)18(23)6-8-21(24)22-10-9-16-4-7-19-20(12-16)26-13-25-19/h3-5,7,11-12H,6,8-10,13H2,1-2H3,(H,22,24). The highest BCUT2D eigenvalue weighted by molar-refractivity contribution is 5.98. The van der Waals surface area contributed by atoms with Crippen molar-refractivity contribution in [1.82, 2.24) is 5.32 Å². The summed E-state index contributed by atoms with van der Waals surface area (Å²) in [7, 11) is 0. The molecule has 0 unspecified atom stereocenters. The summed E-state index contributed by atoms with van der Waals surface area (Å²) < 4.78 is 10.6. The van der Waals surface area contributed by atoms with Gasteiger partial charge in [-0.25, -0.2) is 0 Å². The van der Waals surface area contributed by atoms with Gasteiger partial charge in [-0.15, -0.1) is 0 Å². The Hall–Kier alpha value is -2.82. The van der Waals surface area contributed by atoms with Crippen molar-refractivity contribution in [3.05, 3.63) is 58.7 Å². The molecule has 1 heterocycles. The molecular weight excluding hydrogens is 330 g/mol. The maximum absolute atomic E-state index is 12.2. The molecular formula is C21H23NO4. The maximum Gasteiger partial charge on any atom is 0.231 e. The molecule has 0 atom stereocenters. The Balaban J connectivity index is 1.41. The molecule has 3 rings (SSSR count). The number of nitrogens with one attached hydrogen (secondary N) is 1. The maximum atomic E-state index is 12.2. The number of carbonyl (C=O) groups is 2. The lowest BCUT2D eigenvalue weighted by molar-refractivity contribution is -0.121. The van der Waals surface area contributed by atoms with Crippen LogP contribution < -0.4 is 14.8 Å². The Morgan fingerprint density at radius 1 is 0.962 bits per heavy atom. The number of Topliss-reactive ketones (excluding diaryl/α,β-unsaturated/α-hetero) is 1. The summed E-state index contributed by atoms with van der Waals surface area (Å²) in [6.45, 7) is 4.77. The largest absolute Gasteiger partial charge is 0.454 e. The number of amides is 1. The first-order chi connectivity index (χ1) is 12.5. The molecule has 0 radical (unpaired) electrons. The lowest BCUT2D eigenvalue weighted by Crippen LogP contribution is -2.26. The van der Waals surface area contributed by atoms with Gasteiger partial charge in [-0.2, -0.15) is 0 Å².